The van der Waals surface area contributed by atoms with Gasteiger partial charge in [-0.25, -0.2) is 9.97 Å². The number of fused-ring (bicyclic) bond motifs is 1. The van der Waals surface area contributed by atoms with Crippen molar-refractivity contribution in [1.29, 1.82) is 0 Å². The van der Waals surface area contributed by atoms with E-state index < -0.39 is 0 Å². The van der Waals surface area contributed by atoms with E-state index in [1.54, 1.807) is 0 Å². The monoisotopic (exact) mass is 197 g/mol. The van der Waals surface area contributed by atoms with Crippen molar-refractivity contribution < 1.29 is 0 Å². The molecule has 0 saturated carbocycles. The number of nitrogens with one attached hydrogen (secondary N) is 1. The number of aromatic nitrogens is 2. The Balaban J connectivity index is 2.47. The van der Waals surface area contributed by atoms with E-state index >= 15 is 0 Å². The van der Waals surface area contributed by atoms with Crippen LogP contribution in [-0.2, 0) is 13.0 Å². The molecule has 2 rings (SSSR count). The van der Waals surface area contributed by atoms with Crippen molar-refractivity contribution in [1.82, 2.24) is 15.3 Å². The van der Waals surface area contributed by atoms with Gasteiger partial charge in [0, 0.05) is 18.2 Å². The number of rotatable bonds is 0. The van der Waals surface area contributed by atoms with Gasteiger partial charge in [-0.15, -0.1) is 0 Å². The number of aryl methyl sites for hydroxylation is 1. The maximum absolute atomic E-state index is 6.03. The Morgan fingerprint density at radius 1 is 1.46 bits per heavy atom. The second-order valence-electron chi connectivity index (χ2n) is 3.47. The molecule has 0 fully saturated rings. The summed E-state index contributed by atoms with van der Waals surface area (Å²) in [5.41, 5.74) is 2.16. The fourth-order valence-electron chi connectivity index (χ4n) is 1.61. The van der Waals surface area contributed by atoms with E-state index in [0.717, 1.165) is 30.0 Å². The first-order valence-electron chi connectivity index (χ1n) is 4.42. The van der Waals surface area contributed by atoms with Gasteiger partial charge in [0.05, 0.1) is 5.69 Å². The van der Waals surface area contributed by atoms with Gasteiger partial charge in [0.25, 0.3) is 0 Å². The average Bonchev–Trinajstić information content (AvgIpc) is 2.06. The standard InChI is InChI=1S/C9H12ClN3/c1-5-3-7-8(4-11-5)12-6(2)13-9(7)10/h5,11H,3-4H2,1-2H3. The van der Waals surface area contributed by atoms with Crippen molar-refractivity contribution in [3.8, 4) is 0 Å². The van der Waals surface area contributed by atoms with Gasteiger partial charge in [-0.2, -0.15) is 0 Å². The number of nitrogens with zero attached hydrogens (tertiary/aromatic N) is 2. The molecule has 70 valence electrons. The highest BCUT2D eigenvalue weighted by Gasteiger charge is 2.19. The molecule has 1 aliphatic rings. The number of hydrogen-bond donors (Lipinski definition) is 1. The third kappa shape index (κ3) is 1.67. The van der Waals surface area contributed by atoms with Crippen LogP contribution in [0.4, 0.5) is 0 Å². The zero-order valence-electron chi connectivity index (χ0n) is 7.76. The predicted octanol–water partition coefficient (Wildman–Crippen LogP) is 1.47. The molecule has 13 heavy (non-hydrogen) atoms. The number of halogens is 1. The molecule has 0 radical (unpaired) electrons. The first kappa shape index (κ1) is 8.91. The van der Waals surface area contributed by atoms with Gasteiger partial charge in [0.15, 0.2) is 0 Å². The Kier molecular flexibility index (Phi) is 2.22. The van der Waals surface area contributed by atoms with Crippen molar-refractivity contribution in [2.45, 2.75) is 32.9 Å². The molecular formula is C9H12ClN3. The Morgan fingerprint density at radius 3 is 3.00 bits per heavy atom. The molecule has 1 unspecified atom stereocenters. The number of hydrogen-bond acceptors (Lipinski definition) is 3. The van der Waals surface area contributed by atoms with Crippen molar-refractivity contribution in [3.63, 3.8) is 0 Å². The van der Waals surface area contributed by atoms with Gasteiger partial charge in [-0.3, -0.25) is 0 Å². The average molecular weight is 198 g/mol. The summed E-state index contributed by atoms with van der Waals surface area (Å²) in [7, 11) is 0. The summed E-state index contributed by atoms with van der Waals surface area (Å²) >= 11 is 6.03. The first-order chi connectivity index (χ1) is 6.16. The maximum atomic E-state index is 6.03. The van der Waals surface area contributed by atoms with E-state index in [9.17, 15) is 0 Å². The summed E-state index contributed by atoms with van der Waals surface area (Å²) < 4.78 is 0. The van der Waals surface area contributed by atoms with Crippen LogP contribution < -0.4 is 5.32 Å². The first-order valence-corrected chi connectivity index (χ1v) is 4.80. The SMILES string of the molecule is Cc1nc(Cl)c2c(n1)CNC(C)C2. The second kappa shape index (κ2) is 3.24. The largest absolute Gasteiger partial charge is 0.308 e. The van der Waals surface area contributed by atoms with Gasteiger partial charge < -0.3 is 5.32 Å². The Morgan fingerprint density at radius 2 is 2.23 bits per heavy atom. The summed E-state index contributed by atoms with van der Waals surface area (Å²) in [5.74, 6) is 0.750. The van der Waals surface area contributed by atoms with E-state index in [-0.39, 0.29) is 0 Å². The maximum Gasteiger partial charge on any atom is 0.136 e. The van der Waals surface area contributed by atoms with Gasteiger partial charge >= 0.3 is 0 Å². The summed E-state index contributed by atoms with van der Waals surface area (Å²) in [6.45, 7) is 4.81. The van der Waals surface area contributed by atoms with E-state index in [4.69, 9.17) is 11.6 Å². The third-order valence-electron chi connectivity index (χ3n) is 2.28. The molecule has 1 aliphatic heterocycles. The van der Waals surface area contributed by atoms with Crippen LogP contribution in [0.15, 0.2) is 0 Å². The molecule has 1 aromatic heterocycles. The lowest BCUT2D eigenvalue weighted by molar-refractivity contribution is 0.501. The highest BCUT2D eigenvalue weighted by Crippen LogP contribution is 2.21. The molecule has 2 heterocycles. The molecule has 0 spiro atoms. The van der Waals surface area contributed by atoms with Crippen LogP contribution >= 0.6 is 11.6 Å². The second-order valence-corrected chi connectivity index (χ2v) is 3.83. The smallest absolute Gasteiger partial charge is 0.136 e. The molecular weight excluding hydrogens is 186 g/mol. The lowest BCUT2D eigenvalue weighted by Gasteiger charge is -2.22. The zero-order valence-corrected chi connectivity index (χ0v) is 8.52. The van der Waals surface area contributed by atoms with Crippen LogP contribution in [0.3, 0.4) is 0 Å². The fourth-order valence-corrected chi connectivity index (χ4v) is 1.92. The van der Waals surface area contributed by atoms with E-state index in [1.165, 1.54) is 0 Å². The summed E-state index contributed by atoms with van der Waals surface area (Å²) in [6, 6.07) is 0.469. The minimum Gasteiger partial charge on any atom is -0.308 e. The summed E-state index contributed by atoms with van der Waals surface area (Å²) in [6.07, 6.45) is 0.925. The minimum atomic E-state index is 0.469. The molecule has 0 aliphatic carbocycles. The van der Waals surface area contributed by atoms with E-state index in [1.807, 2.05) is 6.92 Å². The molecule has 0 aromatic carbocycles. The molecule has 1 N–H and O–H groups in total. The summed E-state index contributed by atoms with van der Waals surface area (Å²) in [4.78, 5) is 8.50. The molecule has 0 saturated heterocycles. The van der Waals surface area contributed by atoms with Gasteiger partial charge in [-0.1, -0.05) is 11.6 Å². The summed E-state index contributed by atoms with van der Waals surface area (Å²) in [5, 5.41) is 3.96. The van der Waals surface area contributed by atoms with Crippen LogP contribution in [-0.4, -0.2) is 16.0 Å². The molecule has 1 aromatic rings. The van der Waals surface area contributed by atoms with Crippen molar-refractivity contribution in [2.24, 2.45) is 0 Å². The van der Waals surface area contributed by atoms with Crippen molar-refractivity contribution in [3.05, 3.63) is 22.2 Å². The zero-order chi connectivity index (χ0) is 9.42. The normalized spacial score (nSPS) is 21.3. The highest BCUT2D eigenvalue weighted by atomic mass is 35.5. The molecule has 0 bridgehead atoms. The molecule has 3 nitrogen and oxygen atoms in total. The quantitative estimate of drug-likeness (QED) is 0.641. The van der Waals surface area contributed by atoms with Crippen molar-refractivity contribution in [2.75, 3.05) is 0 Å². The van der Waals surface area contributed by atoms with Crippen molar-refractivity contribution >= 4 is 11.6 Å². The van der Waals surface area contributed by atoms with Crippen LogP contribution in [0.5, 0.6) is 0 Å². The Labute approximate surface area is 82.5 Å². The molecule has 1 atom stereocenters. The van der Waals surface area contributed by atoms with Gasteiger partial charge in [0.2, 0.25) is 0 Å². The van der Waals surface area contributed by atoms with Crippen LogP contribution in [0.25, 0.3) is 0 Å². The third-order valence-corrected chi connectivity index (χ3v) is 2.60. The van der Waals surface area contributed by atoms with Crippen LogP contribution in [0.1, 0.15) is 24.0 Å². The fraction of sp³-hybridized carbons (Fsp3) is 0.556. The van der Waals surface area contributed by atoms with Crippen LogP contribution in [0, 0.1) is 6.92 Å². The Hall–Kier alpha value is -0.670. The lowest BCUT2D eigenvalue weighted by Crippen LogP contribution is -2.34. The molecule has 0 amide bonds. The van der Waals surface area contributed by atoms with Gasteiger partial charge in [0.1, 0.15) is 11.0 Å². The molecule has 4 heteroatoms. The lowest BCUT2D eigenvalue weighted by atomic mass is 10.0. The van der Waals surface area contributed by atoms with Gasteiger partial charge in [-0.05, 0) is 20.3 Å². The van der Waals surface area contributed by atoms with E-state index in [2.05, 4.69) is 22.2 Å². The minimum absolute atomic E-state index is 0.469. The highest BCUT2D eigenvalue weighted by molar-refractivity contribution is 6.30. The van der Waals surface area contributed by atoms with E-state index in [0.29, 0.717) is 11.2 Å². The van der Waals surface area contributed by atoms with Crippen LogP contribution in [0.2, 0.25) is 5.15 Å². The predicted molar refractivity (Wildman–Crippen MR) is 51.8 cm³/mol. The Bertz CT molecular complexity index is 338. The topological polar surface area (TPSA) is 37.8 Å².